The number of rotatable bonds is 4. The number of benzene rings is 3. The van der Waals surface area contributed by atoms with Crippen LogP contribution in [0.2, 0.25) is 5.02 Å². The van der Waals surface area contributed by atoms with Gasteiger partial charge in [0.05, 0.1) is 0 Å². The highest BCUT2D eigenvalue weighted by Gasteiger charge is 2.02. The Kier molecular flexibility index (Phi) is 4.18. The lowest BCUT2D eigenvalue weighted by Gasteiger charge is -2.09. The van der Waals surface area contributed by atoms with Gasteiger partial charge in [-0.1, -0.05) is 54.1 Å². The largest absolute Gasteiger partial charge is 0.309 e. The highest BCUT2D eigenvalue weighted by Crippen LogP contribution is 2.19. The molecule has 0 bridgehead atoms. The van der Waals surface area contributed by atoms with Gasteiger partial charge in [0.1, 0.15) is 5.82 Å². The summed E-state index contributed by atoms with van der Waals surface area (Å²) >= 11 is 5.86. The van der Waals surface area contributed by atoms with E-state index in [-0.39, 0.29) is 5.82 Å². The lowest BCUT2D eigenvalue weighted by molar-refractivity contribution is 0.620. The Morgan fingerprint density at radius 3 is 2.57 bits per heavy atom. The molecule has 0 heterocycles. The molecule has 1 nitrogen and oxygen atoms in total. The molecular weight excluding hydrogens is 285 g/mol. The molecule has 0 unspecified atom stereocenters. The molecule has 0 amide bonds. The number of halogens is 2. The van der Waals surface area contributed by atoms with Crippen LogP contribution in [0, 0.1) is 5.82 Å². The summed E-state index contributed by atoms with van der Waals surface area (Å²) in [6, 6.07) is 19.2. The van der Waals surface area contributed by atoms with Crippen LogP contribution in [0.1, 0.15) is 11.1 Å². The van der Waals surface area contributed by atoms with Crippen molar-refractivity contribution in [3.8, 4) is 0 Å². The van der Waals surface area contributed by atoms with Crippen LogP contribution < -0.4 is 5.32 Å². The topological polar surface area (TPSA) is 12.0 Å². The van der Waals surface area contributed by atoms with Crippen molar-refractivity contribution >= 4 is 22.4 Å². The zero-order valence-electron chi connectivity index (χ0n) is 11.4. The fourth-order valence-electron chi connectivity index (χ4n) is 2.50. The van der Waals surface area contributed by atoms with Crippen molar-refractivity contribution in [3.63, 3.8) is 0 Å². The van der Waals surface area contributed by atoms with Crippen LogP contribution in [0.25, 0.3) is 10.8 Å². The molecule has 0 aromatic heterocycles. The van der Waals surface area contributed by atoms with Crippen LogP contribution in [0.5, 0.6) is 0 Å². The summed E-state index contributed by atoms with van der Waals surface area (Å²) in [5.74, 6) is -0.301. The monoisotopic (exact) mass is 299 g/mol. The third-order valence-electron chi connectivity index (χ3n) is 3.45. The number of nitrogens with one attached hydrogen (secondary N) is 1. The van der Waals surface area contributed by atoms with E-state index in [1.165, 1.54) is 28.5 Å². The molecule has 3 rings (SSSR count). The molecule has 0 aliphatic heterocycles. The molecule has 0 aliphatic rings. The Labute approximate surface area is 128 Å². The van der Waals surface area contributed by atoms with E-state index in [2.05, 4.69) is 35.6 Å². The summed E-state index contributed by atoms with van der Waals surface area (Å²) in [5.41, 5.74) is 2.08. The first kappa shape index (κ1) is 14.1. The second-order valence-corrected chi connectivity index (χ2v) is 5.46. The second-order valence-electron chi connectivity index (χ2n) is 5.02. The Morgan fingerprint density at radius 2 is 1.71 bits per heavy atom. The SMILES string of the molecule is Fc1cc(Cl)cc(CNCc2cccc3ccccc23)c1. The maximum atomic E-state index is 13.3. The molecule has 3 heteroatoms. The molecule has 0 saturated heterocycles. The van der Waals surface area contributed by atoms with Crippen molar-refractivity contribution in [3.05, 3.63) is 82.6 Å². The van der Waals surface area contributed by atoms with Gasteiger partial charge in [0.2, 0.25) is 0 Å². The summed E-state index contributed by atoms with van der Waals surface area (Å²) in [7, 11) is 0. The predicted molar refractivity (Wildman–Crippen MR) is 85.9 cm³/mol. The maximum Gasteiger partial charge on any atom is 0.125 e. The van der Waals surface area contributed by atoms with E-state index in [1.807, 2.05) is 12.1 Å². The Balaban J connectivity index is 1.72. The standard InChI is InChI=1S/C18H15ClFN/c19-16-8-13(9-17(20)10-16)11-21-12-15-6-3-5-14-4-1-2-7-18(14)15/h1-10,21H,11-12H2. The molecule has 0 spiro atoms. The van der Waals surface area contributed by atoms with Crippen molar-refractivity contribution < 1.29 is 4.39 Å². The van der Waals surface area contributed by atoms with E-state index in [0.29, 0.717) is 11.6 Å². The number of fused-ring (bicyclic) bond motifs is 1. The quantitative estimate of drug-likeness (QED) is 0.721. The minimum absolute atomic E-state index is 0.301. The molecule has 0 fully saturated rings. The van der Waals surface area contributed by atoms with E-state index >= 15 is 0 Å². The molecular formula is C18H15ClFN. The average Bonchev–Trinajstić information content (AvgIpc) is 2.46. The van der Waals surface area contributed by atoms with Crippen LogP contribution in [0.15, 0.2) is 60.7 Å². The van der Waals surface area contributed by atoms with Gasteiger partial charge >= 0.3 is 0 Å². The van der Waals surface area contributed by atoms with Gasteiger partial charge < -0.3 is 5.32 Å². The van der Waals surface area contributed by atoms with Crippen LogP contribution in [-0.4, -0.2) is 0 Å². The molecule has 3 aromatic carbocycles. The predicted octanol–water partition coefficient (Wildman–Crippen LogP) is 4.92. The third kappa shape index (κ3) is 3.41. The Morgan fingerprint density at radius 1 is 0.905 bits per heavy atom. The van der Waals surface area contributed by atoms with E-state index in [1.54, 1.807) is 6.07 Å². The van der Waals surface area contributed by atoms with Gasteiger partial charge in [0.15, 0.2) is 0 Å². The molecule has 1 N–H and O–H groups in total. The van der Waals surface area contributed by atoms with E-state index < -0.39 is 0 Å². The zero-order valence-corrected chi connectivity index (χ0v) is 12.2. The maximum absolute atomic E-state index is 13.3. The summed E-state index contributed by atoms with van der Waals surface area (Å²) in [6.07, 6.45) is 0. The van der Waals surface area contributed by atoms with Gasteiger partial charge in [-0.25, -0.2) is 4.39 Å². The van der Waals surface area contributed by atoms with Crippen molar-refractivity contribution in [1.82, 2.24) is 5.32 Å². The smallest absolute Gasteiger partial charge is 0.125 e. The molecule has 106 valence electrons. The Hall–Kier alpha value is -1.90. The fourth-order valence-corrected chi connectivity index (χ4v) is 2.75. The number of hydrogen-bond donors (Lipinski definition) is 1. The molecule has 0 aliphatic carbocycles. The van der Waals surface area contributed by atoms with Crippen molar-refractivity contribution in [2.45, 2.75) is 13.1 Å². The van der Waals surface area contributed by atoms with E-state index in [9.17, 15) is 4.39 Å². The first-order chi connectivity index (χ1) is 10.2. The molecule has 0 atom stereocenters. The van der Waals surface area contributed by atoms with Crippen LogP contribution in [-0.2, 0) is 13.1 Å². The lowest BCUT2D eigenvalue weighted by atomic mass is 10.0. The van der Waals surface area contributed by atoms with Gasteiger partial charge in [0, 0.05) is 18.1 Å². The molecule has 21 heavy (non-hydrogen) atoms. The third-order valence-corrected chi connectivity index (χ3v) is 3.67. The summed E-state index contributed by atoms with van der Waals surface area (Å²) < 4.78 is 13.3. The van der Waals surface area contributed by atoms with Gasteiger partial charge in [-0.05, 0) is 40.1 Å². The first-order valence-electron chi connectivity index (χ1n) is 6.85. The van der Waals surface area contributed by atoms with Crippen LogP contribution in [0.4, 0.5) is 4.39 Å². The minimum atomic E-state index is -0.301. The molecule has 3 aromatic rings. The van der Waals surface area contributed by atoms with Gasteiger partial charge in [-0.2, -0.15) is 0 Å². The van der Waals surface area contributed by atoms with E-state index in [4.69, 9.17) is 11.6 Å². The summed E-state index contributed by atoms with van der Waals surface area (Å²) in [6.45, 7) is 1.32. The van der Waals surface area contributed by atoms with Crippen molar-refractivity contribution in [1.29, 1.82) is 0 Å². The summed E-state index contributed by atoms with van der Waals surface area (Å²) in [5, 5.41) is 6.23. The fraction of sp³-hybridized carbons (Fsp3) is 0.111. The second kappa shape index (κ2) is 6.25. The van der Waals surface area contributed by atoms with Crippen LogP contribution in [0.3, 0.4) is 0 Å². The summed E-state index contributed by atoms with van der Waals surface area (Å²) in [4.78, 5) is 0. The highest BCUT2D eigenvalue weighted by atomic mass is 35.5. The van der Waals surface area contributed by atoms with Crippen molar-refractivity contribution in [2.75, 3.05) is 0 Å². The van der Waals surface area contributed by atoms with E-state index in [0.717, 1.165) is 12.1 Å². The van der Waals surface area contributed by atoms with Crippen molar-refractivity contribution in [2.24, 2.45) is 0 Å². The minimum Gasteiger partial charge on any atom is -0.309 e. The Bertz CT molecular complexity index is 745. The number of hydrogen-bond acceptors (Lipinski definition) is 1. The highest BCUT2D eigenvalue weighted by molar-refractivity contribution is 6.30. The molecule has 0 radical (unpaired) electrons. The lowest BCUT2D eigenvalue weighted by Crippen LogP contribution is -2.13. The average molecular weight is 300 g/mol. The molecule has 0 saturated carbocycles. The van der Waals surface area contributed by atoms with Crippen LogP contribution >= 0.6 is 11.6 Å². The van der Waals surface area contributed by atoms with Gasteiger partial charge in [-0.15, -0.1) is 0 Å². The zero-order chi connectivity index (χ0) is 14.7. The van der Waals surface area contributed by atoms with Gasteiger partial charge in [0.25, 0.3) is 0 Å². The normalized spacial score (nSPS) is 11.0. The first-order valence-corrected chi connectivity index (χ1v) is 7.22. The van der Waals surface area contributed by atoms with Gasteiger partial charge in [-0.3, -0.25) is 0 Å².